The average Bonchev–Trinajstić information content (AvgIpc) is 2.92. The van der Waals surface area contributed by atoms with Gasteiger partial charge in [0.05, 0.1) is 17.0 Å². The van der Waals surface area contributed by atoms with Gasteiger partial charge in [0.1, 0.15) is 0 Å². The number of carbonyl (C=O) groups is 1. The van der Waals surface area contributed by atoms with Crippen molar-refractivity contribution < 1.29 is 13.2 Å². The zero-order chi connectivity index (χ0) is 20.4. The van der Waals surface area contributed by atoms with Crippen molar-refractivity contribution in [2.75, 3.05) is 25.4 Å². The van der Waals surface area contributed by atoms with Gasteiger partial charge in [0.2, 0.25) is 0 Å². The molecule has 0 radical (unpaired) electrons. The molecule has 154 valence electrons. The van der Waals surface area contributed by atoms with Gasteiger partial charge in [0, 0.05) is 25.2 Å². The number of aryl methyl sites for hydroxylation is 1. The highest BCUT2D eigenvalue weighted by Crippen LogP contribution is 2.29. The lowest BCUT2D eigenvalue weighted by molar-refractivity contribution is 0.0665. The van der Waals surface area contributed by atoms with Crippen molar-refractivity contribution in [1.82, 2.24) is 9.80 Å². The molecule has 2 aromatic rings. The molecule has 6 heteroatoms. The number of nitrogens with zero attached hydrogens (tertiary/aromatic N) is 2. The molecular formula is C23H28N2O3S. The number of benzene rings is 2. The normalized spacial score (nSPS) is 24.5. The summed E-state index contributed by atoms with van der Waals surface area (Å²) in [6.45, 7) is 4.72. The van der Waals surface area contributed by atoms with E-state index in [1.165, 1.54) is 11.1 Å². The van der Waals surface area contributed by atoms with Crippen molar-refractivity contribution in [2.24, 2.45) is 0 Å². The lowest BCUT2D eigenvalue weighted by Crippen LogP contribution is -2.56. The van der Waals surface area contributed by atoms with Gasteiger partial charge in [-0.3, -0.25) is 9.69 Å². The van der Waals surface area contributed by atoms with Crippen molar-refractivity contribution >= 4 is 15.7 Å². The second-order valence-corrected chi connectivity index (χ2v) is 10.5. The molecule has 0 unspecified atom stereocenters. The number of carbonyl (C=O) groups excluding carboxylic acids is 1. The lowest BCUT2D eigenvalue weighted by Gasteiger charge is -2.40. The van der Waals surface area contributed by atoms with E-state index < -0.39 is 15.1 Å². The van der Waals surface area contributed by atoms with Gasteiger partial charge in [0.15, 0.2) is 9.84 Å². The van der Waals surface area contributed by atoms with Crippen LogP contribution < -0.4 is 0 Å². The van der Waals surface area contributed by atoms with Crippen molar-refractivity contribution in [3.63, 3.8) is 0 Å². The summed E-state index contributed by atoms with van der Waals surface area (Å²) in [7, 11) is -3.18. The van der Waals surface area contributed by atoms with E-state index in [9.17, 15) is 13.2 Å². The first-order valence-electron chi connectivity index (χ1n) is 10.3. The van der Waals surface area contributed by atoms with Crippen molar-refractivity contribution in [2.45, 2.75) is 37.6 Å². The summed E-state index contributed by atoms with van der Waals surface area (Å²) in [5.74, 6) is 0.00702. The van der Waals surface area contributed by atoms with Crippen LogP contribution in [0.25, 0.3) is 0 Å². The molecule has 2 aliphatic rings. The third kappa shape index (κ3) is 4.38. The van der Waals surface area contributed by atoms with Crippen LogP contribution in [-0.2, 0) is 16.4 Å². The summed E-state index contributed by atoms with van der Waals surface area (Å²) < 4.78 is 25.7. The second kappa shape index (κ2) is 8.28. The summed E-state index contributed by atoms with van der Waals surface area (Å²) >= 11 is 0. The van der Waals surface area contributed by atoms with Crippen LogP contribution in [0.4, 0.5) is 0 Å². The Balaban J connectivity index is 1.54. The molecule has 29 heavy (non-hydrogen) atoms. The van der Waals surface area contributed by atoms with E-state index in [-0.39, 0.29) is 24.2 Å². The molecule has 0 aromatic heterocycles. The molecule has 0 spiro atoms. The quantitative estimate of drug-likeness (QED) is 0.778. The first-order chi connectivity index (χ1) is 13.9. The standard InChI is InChI=1S/C23H28N2O3S/c1-18-6-5-7-19(16-18)17-24-12-10-21-22(11-13-24)29(27,28)15-14-25(21)23(26)20-8-3-2-4-9-20/h2-9,16,21-22H,10-15,17H2,1H3/t21-,22+/m1/s1. The summed E-state index contributed by atoms with van der Waals surface area (Å²) in [5, 5.41) is -0.466. The summed E-state index contributed by atoms with van der Waals surface area (Å²) in [6, 6.07) is 17.4. The lowest BCUT2D eigenvalue weighted by atomic mass is 10.0. The Labute approximate surface area is 173 Å². The minimum absolute atomic E-state index is 0.0531. The summed E-state index contributed by atoms with van der Waals surface area (Å²) in [4.78, 5) is 17.2. The predicted octanol–water partition coefficient (Wildman–Crippen LogP) is 2.90. The zero-order valence-electron chi connectivity index (χ0n) is 16.8. The molecule has 2 saturated heterocycles. The molecule has 1 amide bonds. The topological polar surface area (TPSA) is 57.7 Å². The van der Waals surface area contributed by atoms with Gasteiger partial charge in [-0.2, -0.15) is 0 Å². The summed E-state index contributed by atoms with van der Waals surface area (Å²) in [6.07, 6.45) is 1.27. The molecule has 2 aliphatic heterocycles. The highest BCUT2D eigenvalue weighted by Gasteiger charge is 2.44. The Kier molecular flexibility index (Phi) is 5.74. The number of fused-ring (bicyclic) bond motifs is 1. The SMILES string of the molecule is Cc1cccc(CN2CC[C@@H]3[C@H](CC2)S(=O)(=O)CCN3C(=O)c2ccccc2)c1. The van der Waals surface area contributed by atoms with Crippen LogP contribution in [0, 0.1) is 6.92 Å². The van der Waals surface area contributed by atoms with Gasteiger partial charge in [-0.15, -0.1) is 0 Å². The molecule has 2 fully saturated rings. The minimum Gasteiger partial charge on any atom is -0.333 e. The Bertz CT molecular complexity index is 975. The van der Waals surface area contributed by atoms with Crippen molar-refractivity contribution in [3.8, 4) is 0 Å². The van der Waals surface area contributed by atoms with Gasteiger partial charge < -0.3 is 4.90 Å². The van der Waals surface area contributed by atoms with Crippen LogP contribution in [0.3, 0.4) is 0 Å². The number of hydrogen-bond acceptors (Lipinski definition) is 4. The van der Waals surface area contributed by atoms with Gasteiger partial charge in [-0.25, -0.2) is 8.42 Å². The maximum absolute atomic E-state index is 13.1. The first kappa shape index (κ1) is 20.1. The van der Waals surface area contributed by atoms with Crippen LogP contribution >= 0.6 is 0 Å². The van der Waals surface area contributed by atoms with Gasteiger partial charge >= 0.3 is 0 Å². The number of rotatable bonds is 3. The van der Waals surface area contributed by atoms with E-state index in [0.717, 1.165) is 19.6 Å². The Morgan fingerprint density at radius 2 is 1.76 bits per heavy atom. The molecule has 2 aromatic carbocycles. The minimum atomic E-state index is -3.18. The number of hydrogen-bond donors (Lipinski definition) is 0. The first-order valence-corrected chi connectivity index (χ1v) is 12.0. The maximum Gasteiger partial charge on any atom is 0.254 e. The van der Waals surface area contributed by atoms with Crippen molar-refractivity contribution in [1.29, 1.82) is 0 Å². The zero-order valence-corrected chi connectivity index (χ0v) is 17.6. The van der Waals surface area contributed by atoms with Gasteiger partial charge in [-0.05, 0) is 44.0 Å². The third-order valence-corrected chi connectivity index (χ3v) is 8.37. The van der Waals surface area contributed by atoms with E-state index in [1.807, 2.05) is 23.1 Å². The van der Waals surface area contributed by atoms with E-state index in [4.69, 9.17) is 0 Å². The van der Waals surface area contributed by atoms with Crippen LogP contribution in [0.5, 0.6) is 0 Å². The molecule has 0 bridgehead atoms. The molecule has 0 saturated carbocycles. The fourth-order valence-electron chi connectivity index (χ4n) is 4.66. The molecule has 0 N–H and O–H groups in total. The Hall–Kier alpha value is -2.18. The molecule has 2 heterocycles. The van der Waals surface area contributed by atoms with Crippen LogP contribution in [0.1, 0.15) is 34.3 Å². The van der Waals surface area contributed by atoms with Gasteiger partial charge in [0.25, 0.3) is 5.91 Å². The van der Waals surface area contributed by atoms with E-state index in [0.29, 0.717) is 18.4 Å². The van der Waals surface area contributed by atoms with Crippen molar-refractivity contribution in [3.05, 3.63) is 71.3 Å². The maximum atomic E-state index is 13.1. The third-order valence-electron chi connectivity index (χ3n) is 6.15. The number of sulfone groups is 1. The van der Waals surface area contributed by atoms with Crippen LogP contribution in [-0.4, -0.2) is 60.8 Å². The van der Waals surface area contributed by atoms with Crippen LogP contribution in [0.2, 0.25) is 0 Å². The highest BCUT2D eigenvalue weighted by atomic mass is 32.2. The molecule has 0 aliphatic carbocycles. The fourth-order valence-corrected chi connectivity index (χ4v) is 6.64. The molecular weight excluding hydrogens is 384 g/mol. The number of amides is 1. The van der Waals surface area contributed by atoms with E-state index in [2.05, 4.69) is 36.1 Å². The summed E-state index contributed by atoms with van der Waals surface area (Å²) in [5.41, 5.74) is 3.11. The fraction of sp³-hybridized carbons (Fsp3) is 0.435. The highest BCUT2D eigenvalue weighted by molar-refractivity contribution is 7.92. The predicted molar refractivity (Wildman–Crippen MR) is 115 cm³/mol. The Morgan fingerprint density at radius 3 is 2.52 bits per heavy atom. The monoisotopic (exact) mass is 412 g/mol. The largest absolute Gasteiger partial charge is 0.333 e. The Morgan fingerprint density at radius 1 is 1.00 bits per heavy atom. The number of likely N-dealkylation sites (tertiary alicyclic amines) is 1. The average molecular weight is 413 g/mol. The molecule has 2 atom stereocenters. The van der Waals surface area contributed by atoms with Gasteiger partial charge in [-0.1, -0.05) is 48.0 Å². The van der Waals surface area contributed by atoms with E-state index >= 15 is 0 Å². The molecule has 4 rings (SSSR count). The van der Waals surface area contributed by atoms with Crippen LogP contribution in [0.15, 0.2) is 54.6 Å². The van der Waals surface area contributed by atoms with E-state index in [1.54, 1.807) is 12.1 Å². The second-order valence-electron chi connectivity index (χ2n) is 8.18. The molecule has 5 nitrogen and oxygen atoms in total. The smallest absolute Gasteiger partial charge is 0.254 e.